The van der Waals surface area contributed by atoms with Crippen molar-refractivity contribution in [1.82, 2.24) is 5.32 Å². The highest BCUT2D eigenvalue weighted by Gasteiger charge is 2.44. The summed E-state index contributed by atoms with van der Waals surface area (Å²) < 4.78 is 11.3. The molecule has 0 aliphatic carbocycles. The first kappa shape index (κ1) is 68.7. The Balaban J connectivity index is 2.15. The van der Waals surface area contributed by atoms with Gasteiger partial charge in [0.15, 0.2) is 6.29 Å². The molecule has 1 aliphatic heterocycles. The Bertz CT molecular complexity index is 1180. The minimum atomic E-state index is -1.57. The Morgan fingerprint density at radius 2 is 0.778 bits per heavy atom. The van der Waals surface area contributed by atoms with Crippen LogP contribution in [0.1, 0.15) is 316 Å². The van der Waals surface area contributed by atoms with E-state index in [1.165, 1.54) is 257 Å². The fourth-order valence-electron chi connectivity index (χ4n) is 10.3. The highest BCUT2D eigenvalue weighted by Crippen LogP contribution is 2.23. The lowest BCUT2D eigenvalue weighted by Crippen LogP contribution is -2.60. The topological polar surface area (TPSA) is 149 Å². The highest BCUT2D eigenvalue weighted by atomic mass is 16.7. The lowest BCUT2D eigenvalue weighted by atomic mass is 9.99. The first-order valence-electron chi connectivity index (χ1n) is 31.6. The molecule has 1 saturated heterocycles. The molecule has 6 N–H and O–H groups in total. The monoisotopic (exact) mass is 1020 g/mol. The van der Waals surface area contributed by atoms with E-state index in [0.29, 0.717) is 6.42 Å². The molecule has 1 fully saturated rings. The molecule has 0 saturated carbocycles. The van der Waals surface area contributed by atoms with Gasteiger partial charge in [0, 0.05) is 6.42 Å². The molecular weight excluding hydrogens is 899 g/mol. The van der Waals surface area contributed by atoms with Gasteiger partial charge in [-0.3, -0.25) is 4.79 Å². The number of aliphatic hydroxyl groups is 5. The van der Waals surface area contributed by atoms with Crippen LogP contribution in [0, 0.1) is 0 Å². The second-order valence-electron chi connectivity index (χ2n) is 22.2. The Morgan fingerprint density at radius 3 is 1.12 bits per heavy atom. The third-order valence-corrected chi connectivity index (χ3v) is 15.3. The molecule has 0 bridgehead atoms. The van der Waals surface area contributed by atoms with E-state index in [0.717, 1.165) is 38.5 Å². The molecule has 72 heavy (non-hydrogen) atoms. The van der Waals surface area contributed by atoms with Gasteiger partial charge in [0.05, 0.1) is 25.4 Å². The second kappa shape index (κ2) is 53.1. The number of nitrogens with one attached hydrogen (secondary N) is 1. The van der Waals surface area contributed by atoms with Crippen molar-refractivity contribution in [2.24, 2.45) is 0 Å². The number of carbonyl (C=O) groups excluding carboxylic acids is 1. The van der Waals surface area contributed by atoms with Crippen LogP contribution in [0.2, 0.25) is 0 Å². The van der Waals surface area contributed by atoms with Crippen LogP contribution in [0.15, 0.2) is 24.3 Å². The van der Waals surface area contributed by atoms with Crippen LogP contribution < -0.4 is 5.32 Å². The molecule has 0 radical (unpaired) electrons. The number of rotatable bonds is 55. The maximum absolute atomic E-state index is 13.1. The molecule has 9 heteroatoms. The number of carbonyl (C=O) groups is 1. The molecule has 0 aromatic heterocycles. The van der Waals surface area contributed by atoms with Gasteiger partial charge in [-0.25, -0.2) is 0 Å². The first-order chi connectivity index (χ1) is 35.3. The largest absolute Gasteiger partial charge is 0.394 e. The Labute approximate surface area is 445 Å². The summed E-state index contributed by atoms with van der Waals surface area (Å²) in [7, 11) is 0. The minimum Gasteiger partial charge on any atom is -0.394 e. The van der Waals surface area contributed by atoms with Crippen LogP contribution in [-0.2, 0) is 14.3 Å². The van der Waals surface area contributed by atoms with E-state index in [4.69, 9.17) is 9.47 Å². The van der Waals surface area contributed by atoms with Crippen LogP contribution in [0.4, 0.5) is 0 Å². The van der Waals surface area contributed by atoms with Crippen molar-refractivity contribution in [1.29, 1.82) is 0 Å². The first-order valence-corrected chi connectivity index (χ1v) is 31.6. The smallest absolute Gasteiger partial charge is 0.220 e. The maximum atomic E-state index is 13.1. The molecule has 1 aliphatic rings. The van der Waals surface area contributed by atoms with Crippen molar-refractivity contribution in [3.8, 4) is 0 Å². The summed E-state index contributed by atoms with van der Waals surface area (Å²) in [4.78, 5) is 13.1. The Kier molecular flexibility index (Phi) is 50.6. The van der Waals surface area contributed by atoms with E-state index >= 15 is 0 Å². The fourth-order valence-corrected chi connectivity index (χ4v) is 10.3. The molecular formula is C63H121NO8. The predicted octanol–water partition coefficient (Wildman–Crippen LogP) is 16.1. The van der Waals surface area contributed by atoms with E-state index in [-0.39, 0.29) is 12.5 Å². The number of hydrogen-bond donors (Lipinski definition) is 6. The number of unbranched alkanes of at least 4 members (excludes halogenated alkanes) is 43. The molecule has 7 unspecified atom stereocenters. The predicted molar refractivity (Wildman–Crippen MR) is 304 cm³/mol. The summed E-state index contributed by atoms with van der Waals surface area (Å²) in [6, 6.07) is -0.806. The van der Waals surface area contributed by atoms with Gasteiger partial charge < -0.3 is 40.3 Å². The van der Waals surface area contributed by atoms with Crippen LogP contribution in [0.3, 0.4) is 0 Å². The van der Waals surface area contributed by atoms with E-state index in [1.807, 2.05) is 6.08 Å². The fraction of sp³-hybridized carbons (Fsp3) is 0.921. The summed E-state index contributed by atoms with van der Waals surface area (Å²) in [5.41, 5.74) is 0. The SMILES string of the molecule is CCCCCCCCC/C=C\CCCCCCCCCC(=O)NC(COC1OC(CO)C(O)C(O)C1O)C(O)/C=C/CCCCCCCCCCCCCCCCCCCCCCCCCCCCCCC. The minimum absolute atomic E-state index is 0.177. The average molecular weight is 1020 g/mol. The van der Waals surface area contributed by atoms with Crippen molar-refractivity contribution >= 4 is 5.91 Å². The van der Waals surface area contributed by atoms with E-state index < -0.39 is 49.5 Å². The van der Waals surface area contributed by atoms with Gasteiger partial charge in [0.25, 0.3) is 0 Å². The van der Waals surface area contributed by atoms with E-state index in [9.17, 15) is 30.3 Å². The summed E-state index contributed by atoms with van der Waals surface area (Å²) in [6.07, 6.45) is 61.2. The Morgan fingerprint density at radius 1 is 0.458 bits per heavy atom. The van der Waals surface area contributed by atoms with Gasteiger partial charge >= 0.3 is 0 Å². The van der Waals surface area contributed by atoms with Gasteiger partial charge in [0.2, 0.25) is 5.91 Å². The normalized spacial score (nSPS) is 19.2. The average Bonchev–Trinajstić information content (AvgIpc) is 3.38. The lowest BCUT2D eigenvalue weighted by Gasteiger charge is -2.40. The molecule has 9 nitrogen and oxygen atoms in total. The van der Waals surface area contributed by atoms with Gasteiger partial charge in [-0.1, -0.05) is 289 Å². The van der Waals surface area contributed by atoms with Gasteiger partial charge in [-0.15, -0.1) is 0 Å². The number of allylic oxidation sites excluding steroid dienone is 3. The van der Waals surface area contributed by atoms with E-state index in [2.05, 4.69) is 31.3 Å². The molecule has 0 aromatic carbocycles. The van der Waals surface area contributed by atoms with Gasteiger partial charge in [-0.2, -0.15) is 0 Å². The number of aliphatic hydroxyl groups excluding tert-OH is 5. The molecule has 1 amide bonds. The van der Waals surface area contributed by atoms with Crippen LogP contribution in [-0.4, -0.2) is 87.5 Å². The number of amides is 1. The zero-order valence-electron chi connectivity index (χ0n) is 47.5. The molecule has 0 aromatic rings. The zero-order valence-corrected chi connectivity index (χ0v) is 47.5. The van der Waals surface area contributed by atoms with Crippen molar-refractivity contribution < 1.29 is 39.8 Å². The number of hydrogen-bond acceptors (Lipinski definition) is 8. The number of ether oxygens (including phenoxy) is 2. The Hall–Kier alpha value is -1.33. The van der Waals surface area contributed by atoms with Crippen LogP contribution in [0.25, 0.3) is 0 Å². The second-order valence-corrected chi connectivity index (χ2v) is 22.2. The van der Waals surface area contributed by atoms with Crippen molar-refractivity contribution in [3.63, 3.8) is 0 Å². The summed E-state index contributed by atoms with van der Waals surface area (Å²) in [5, 5.41) is 54.6. The van der Waals surface area contributed by atoms with Crippen molar-refractivity contribution in [3.05, 3.63) is 24.3 Å². The summed E-state index contributed by atoms with van der Waals surface area (Å²) in [6.45, 7) is 3.81. The van der Waals surface area contributed by atoms with Crippen molar-refractivity contribution in [2.75, 3.05) is 13.2 Å². The molecule has 1 rings (SSSR count). The lowest BCUT2D eigenvalue weighted by molar-refractivity contribution is -0.302. The standard InChI is InChI=1S/C63H121NO8/c1-3-5-7-9-11-13-15-17-19-21-23-24-25-26-27-28-29-30-31-32-33-34-35-36-38-40-42-44-46-48-50-52-57(66)56(55-71-63-62(70)61(69)60(68)58(54-65)72-63)64-59(67)53-51-49-47-45-43-41-39-37-22-20-18-16-14-12-10-8-6-4-2/h20,22,50,52,56-58,60-63,65-66,68-70H,3-19,21,23-49,51,53-55H2,1-2H3,(H,64,67)/b22-20-,52-50+. The van der Waals surface area contributed by atoms with Gasteiger partial charge in [0.1, 0.15) is 24.4 Å². The zero-order chi connectivity index (χ0) is 52.2. The van der Waals surface area contributed by atoms with Gasteiger partial charge in [-0.05, 0) is 44.9 Å². The third-order valence-electron chi connectivity index (χ3n) is 15.3. The molecule has 0 spiro atoms. The van der Waals surface area contributed by atoms with Crippen LogP contribution in [0.5, 0.6) is 0 Å². The van der Waals surface area contributed by atoms with E-state index in [1.54, 1.807) is 6.08 Å². The molecule has 426 valence electrons. The quantitative estimate of drug-likeness (QED) is 0.0261. The van der Waals surface area contributed by atoms with Crippen LogP contribution >= 0.6 is 0 Å². The highest BCUT2D eigenvalue weighted by molar-refractivity contribution is 5.76. The maximum Gasteiger partial charge on any atom is 0.220 e. The molecule has 7 atom stereocenters. The summed E-state index contributed by atoms with van der Waals surface area (Å²) in [5.74, 6) is -0.177. The molecule has 1 heterocycles. The van der Waals surface area contributed by atoms with Crippen molar-refractivity contribution in [2.45, 2.75) is 358 Å². The summed E-state index contributed by atoms with van der Waals surface area (Å²) >= 11 is 0. The third kappa shape index (κ3) is 41.9.